The molecule has 0 heterocycles. The third kappa shape index (κ3) is 12.7. The molecule has 0 aromatic rings. The van der Waals surface area contributed by atoms with Gasteiger partial charge >= 0.3 is 6.09 Å². The molecule has 0 spiro atoms. The van der Waals surface area contributed by atoms with Crippen LogP contribution in [-0.2, 0) is 9.47 Å². The van der Waals surface area contributed by atoms with Crippen molar-refractivity contribution in [2.24, 2.45) is 11.8 Å². The molecule has 130 valence electrons. The average molecular weight is 314 g/mol. The summed E-state index contributed by atoms with van der Waals surface area (Å²) in [5.74, 6) is 0.826. The fourth-order valence-electron chi connectivity index (χ4n) is 1.75. The molecule has 0 saturated heterocycles. The maximum atomic E-state index is 11.7. The van der Waals surface area contributed by atoms with Crippen LogP contribution in [0.1, 0.15) is 41.5 Å². The summed E-state index contributed by atoms with van der Waals surface area (Å²) in [4.78, 5) is 11.7. The first-order chi connectivity index (χ1) is 10.1. The maximum Gasteiger partial charge on any atom is 0.407 e. The summed E-state index contributed by atoms with van der Waals surface area (Å²) in [6.45, 7) is 19.1. The van der Waals surface area contributed by atoms with Crippen LogP contribution >= 0.6 is 0 Å². The summed E-state index contributed by atoms with van der Waals surface area (Å²) in [6, 6.07) is 0. The van der Waals surface area contributed by atoms with E-state index in [-0.39, 0.29) is 6.09 Å². The standard InChI is InChI=1S/C17H34N2O3/c1-13(2)12-21-9-8-18-10-15(14(3)4)11-19-16(20)22-17(5,6)7/h14-15,18H,1,8-12H2,2-7H3,(H,19,20). The Morgan fingerprint density at radius 1 is 1.23 bits per heavy atom. The van der Waals surface area contributed by atoms with Crippen molar-refractivity contribution in [1.29, 1.82) is 0 Å². The highest BCUT2D eigenvalue weighted by Gasteiger charge is 2.18. The monoisotopic (exact) mass is 314 g/mol. The second-order valence-electron chi connectivity index (χ2n) is 7.10. The van der Waals surface area contributed by atoms with E-state index < -0.39 is 5.60 Å². The van der Waals surface area contributed by atoms with E-state index >= 15 is 0 Å². The minimum absolute atomic E-state index is 0.355. The van der Waals surface area contributed by atoms with Gasteiger partial charge in [-0.15, -0.1) is 0 Å². The molecule has 0 bridgehead atoms. The number of alkyl carbamates (subject to hydrolysis) is 1. The van der Waals surface area contributed by atoms with Gasteiger partial charge in [0.2, 0.25) is 0 Å². The highest BCUT2D eigenvalue weighted by atomic mass is 16.6. The molecular weight excluding hydrogens is 280 g/mol. The molecule has 0 saturated carbocycles. The van der Waals surface area contributed by atoms with Crippen molar-refractivity contribution in [3.05, 3.63) is 12.2 Å². The Balaban J connectivity index is 3.92. The molecule has 1 amide bonds. The quantitative estimate of drug-likeness (QED) is 0.481. The van der Waals surface area contributed by atoms with Crippen LogP contribution in [0.5, 0.6) is 0 Å². The molecule has 0 aliphatic rings. The van der Waals surface area contributed by atoms with Gasteiger partial charge in [0.25, 0.3) is 0 Å². The minimum Gasteiger partial charge on any atom is -0.444 e. The van der Waals surface area contributed by atoms with Crippen LogP contribution in [-0.4, -0.2) is 44.5 Å². The number of carbonyl (C=O) groups excluding carboxylic acids is 1. The second-order valence-corrected chi connectivity index (χ2v) is 7.10. The largest absolute Gasteiger partial charge is 0.444 e. The van der Waals surface area contributed by atoms with Gasteiger partial charge in [-0.25, -0.2) is 4.79 Å². The van der Waals surface area contributed by atoms with E-state index in [0.29, 0.717) is 31.6 Å². The van der Waals surface area contributed by atoms with Gasteiger partial charge in [0, 0.05) is 13.1 Å². The van der Waals surface area contributed by atoms with E-state index in [2.05, 4.69) is 31.1 Å². The van der Waals surface area contributed by atoms with Crippen LogP contribution in [0.15, 0.2) is 12.2 Å². The van der Waals surface area contributed by atoms with Gasteiger partial charge in [-0.2, -0.15) is 0 Å². The molecule has 0 radical (unpaired) electrons. The van der Waals surface area contributed by atoms with E-state index in [0.717, 1.165) is 18.7 Å². The second kappa shape index (κ2) is 10.6. The van der Waals surface area contributed by atoms with Gasteiger partial charge < -0.3 is 20.1 Å². The molecular formula is C17H34N2O3. The number of hydrogen-bond acceptors (Lipinski definition) is 4. The number of ether oxygens (including phenoxy) is 2. The SMILES string of the molecule is C=C(C)COCCNCC(CNC(=O)OC(C)(C)C)C(C)C. The average Bonchev–Trinajstić information content (AvgIpc) is 2.33. The van der Waals surface area contributed by atoms with Crippen molar-refractivity contribution >= 4 is 6.09 Å². The number of nitrogens with one attached hydrogen (secondary N) is 2. The highest BCUT2D eigenvalue weighted by molar-refractivity contribution is 5.67. The predicted molar refractivity (Wildman–Crippen MR) is 91.1 cm³/mol. The molecule has 22 heavy (non-hydrogen) atoms. The Labute approximate surface area is 135 Å². The topological polar surface area (TPSA) is 59.6 Å². The van der Waals surface area contributed by atoms with Crippen LogP contribution in [0.25, 0.3) is 0 Å². The molecule has 1 atom stereocenters. The van der Waals surface area contributed by atoms with Gasteiger partial charge in [-0.05, 0) is 46.1 Å². The fourth-order valence-corrected chi connectivity index (χ4v) is 1.75. The summed E-state index contributed by atoms with van der Waals surface area (Å²) in [7, 11) is 0. The summed E-state index contributed by atoms with van der Waals surface area (Å²) in [5, 5.41) is 6.21. The van der Waals surface area contributed by atoms with E-state index in [1.165, 1.54) is 0 Å². The Bertz CT molecular complexity index is 335. The van der Waals surface area contributed by atoms with Crippen molar-refractivity contribution < 1.29 is 14.3 Å². The number of rotatable bonds is 10. The molecule has 0 aliphatic carbocycles. The van der Waals surface area contributed by atoms with Crippen molar-refractivity contribution in [3.8, 4) is 0 Å². The molecule has 2 N–H and O–H groups in total. The van der Waals surface area contributed by atoms with Gasteiger partial charge in [-0.3, -0.25) is 0 Å². The van der Waals surface area contributed by atoms with Gasteiger partial charge in [-0.1, -0.05) is 26.0 Å². The normalized spacial score (nSPS) is 13.0. The predicted octanol–water partition coefficient (Wildman–Crippen LogP) is 2.97. The number of hydrogen-bond donors (Lipinski definition) is 2. The number of carbonyl (C=O) groups is 1. The zero-order chi connectivity index (χ0) is 17.2. The fraction of sp³-hybridized carbons (Fsp3) is 0.824. The van der Waals surface area contributed by atoms with E-state index in [9.17, 15) is 4.79 Å². The van der Waals surface area contributed by atoms with E-state index in [1.807, 2.05) is 27.7 Å². The van der Waals surface area contributed by atoms with Crippen molar-refractivity contribution in [2.75, 3.05) is 32.8 Å². The molecule has 0 fully saturated rings. The van der Waals surface area contributed by atoms with E-state index in [4.69, 9.17) is 9.47 Å². The maximum absolute atomic E-state index is 11.7. The van der Waals surface area contributed by atoms with Gasteiger partial charge in [0.15, 0.2) is 0 Å². The summed E-state index contributed by atoms with van der Waals surface area (Å²) >= 11 is 0. The van der Waals surface area contributed by atoms with Crippen molar-refractivity contribution in [3.63, 3.8) is 0 Å². The zero-order valence-corrected chi connectivity index (χ0v) is 15.1. The lowest BCUT2D eigenvalue weighted by atomic mass is 9.96. The Kier molecular flexibility index (Phi) is 10.1. The van der Waals surface area contributed by atoms with Gasteiger partial charge in [0.05, 0.1) is 13.2 Å². The summed E-state index contributed by atoms with van der Waals surface area (Å²) < 4.78 is 10.7. The molecule has 0 aromatic heterocycles. The highest BCUT2D eigenvalue weighted by Crippen LogP contribution is 2.10. The van der Waals surface area contributed by atoms with Crippen LogP contribution in [0, 0.1) is 11.8 Å². The smallest absolute Gasteiger partial charge is 0.407 e. The van der Waals surface area contributed by atoms with Crippen LogP contribution < -0.4 is 10.6 Å². The van der Waals surface area contributed by atoms with Crippen molar-refractivity contribution in [2.45, 2.75) is 47.1 Å². The number of amides is 1. The lowest BCUT2D eigenvalue weighted by molar-refractivity contribution is 0.0514. The third-order valence-electron chi connectivity index (χ3n) is 3.03. The first-order valence-electron chi connectivity index (χ1n) is 8.01. The van der Waals surface area contributed by atoms with E-state index in [1.54, 1.807) is 0 Å². The van der Waals surface area contributed by atoms with Crippen LogP contribution in [0.3, 0.4) is 0 Å². The Morgan fingerprint density at radius 3 is 2.36 bits per heavy atom. The molecule has 1 unspecified atom stereocenters. The lowest BCUT2D eigenvalue weighted by Crippen LogP contribution is -2.40. The van der Waals surface area contributed by atoms with Gasteiger partial charge in [0.1, 0.15) is 5.60 Å². The van der Waals surface area contributed by atoms with Crippen molar-refractivity contribution in [1.82, 2.24) is 10.6 Å². The third-order valence-corrected chi connectivity index (χ3v) is 3.03. The minimum atomic E-state index is -0.462. The van der Waals surface area contributed by atoms with Crippen LogP contribution in [0.2, 0.25) is 0 Å². The van der Waals surface area contributed by atoms with Crippen LogP contribution in [0.4, 0.5) is 4.79 Å². The Morgan fingerprint density at radius 2 is 1.86 bits per heavy atom. The first kappa shape index (κ1) is 20.9. The molecule has 5 heteroatoms. The molecule has 0 aliphatic heterocycles. The Hall–Kier alpha value is -1.07. The summed E-state index contributed by atoms with van der Waals surface area (Å²) in [6.07, 6.45) is -0.358. The summed E-state index contributed by atoms with van der Waals surface area (Å²) in [5.41, 5.74) is 0.567. The first-order valence-corrected chi connectivity index (χ1v) is 8.01. The zero-order valence-electron chi connectivity index (χ0n) is 15.1. The molecule has 5 nitrogen and oxygen atoms in total. The molecule has 0 aromatic carbocycles. The molecule has 0 rings (SSSR count). The lowest BCUT2D eigenvalue weighted by Gasteiger charge is -2.24.